The molecular weight excluding hydrogens is 400 g/mol. The van der Waals surface area contributed by atoms with Crippen LogP contribution >= 0.6 is 0 Å². The first-order chi connectivity index (χ1) is 15.1. The fraction of sp³-hybridized carbons (Fsp3) is 0.286. The van der Waals surface area contributed by atoms with Crippen molar-refractivity contribution in [2.75, 3.05) is 33.3 Å². The van der Waals surface area contributed by atoms with Crippen molar-refractivity contribution in [3.05, 3.63) is 60.8 Å². The normalized spacial score (nSPS) is 14.8. The van der Waals surface area contributed by atoms with Crippen molar-refractivity contribution in [1.29, 1.82) is 0 Å². The number of fused-ring (bicyclic) bond motifs is 2. The quantitative estimate of drug-likeness (QED) is 0.616. The SMILES string of the molecule is CN1CCN(C(=O)Cn2cncn2)CCOc2ccccc2Oc2ncccc2C1=O. The van der Waals surface area contributed by atoms with Crippen LogP contribution in [-0.2, 0) is 11.3 Å². The van der Waals surface area contributed by atoms with Crippen LogP contribution in [0.5, 0.6) is 17.4 Å². The molecule has 160 valence electrons. The summed E-state index contributed by atoms with van der Waals surface area (Å²) >= 11 is 0. The molecule has 0 saturated heterocycles. The predicted octanol–water partition coefficient (Wildman–Crippen LogP) is 1.46. The molecule has 10 nitrogen and oxygen atoms in total. The lowest BCUT2D eigenvalue weighted by molar-refractivity contribution is -0.132. The van der Waals surface area contributed by atoms with E-state index < -0.39 is 0 Å². The summed E-state index contributed by atoms with van der Waals surface area (Å²) in [6, 6.07) is 10.5. The lowest BCUT2D eigenvalue weighted by Gasteiger charge is -2.25. The summed E-state index contributed by atoms with van der Waals surface area (Å²) in [4.78, 5) is 37.2. The van der Waals surface area contributed by atoms with Gasteiger partial charge in [0.15, 0.2) is 11.5 Å². The molecule has 0 bridgehead atoms. The summed E-state index contributed by atoms with van der Waals surface area (Å²) in [6.07, 6.45) is 4.44. The summed E-state index contributed by atoms with van der Waals surface area (Å²) in [5.74, 6) is 0.759. The zero-order valence-electron chi connectivity index (χ0n) is 17.0. The Morgan fingerprint density at radius 2 is 1.94 bits per heavy atom. The van der Waals surface area contributed by atoms with E-state index in [0.29, 0.717) is 36.7 Å². The molecule has 3 heterocycles. The molecule has 0 unspecified atom stereocenters. The van der Waals surface area contributed by atoms with Crippen LogP contribution in [0.15, 0.2) is 55.2 Å². The van der Waals surface area contributed by atoms with Crippen LogP contribution in [0.4, 0.5) is 0 Å². The van der Waals surface area contributed by atoms with Crippen LogP contribution in [0.2, 0.25) is 0 Å². The van der Waals surface area contributed by atoms with Crippen molar-refractivity contribution in [3.63, 3.8) is 0 Å². The highest BCUT2D eigenvalue weighted by atomic mass is 16.5. The third-order valence-electron chi connectivity index (χ3n) is 4.84. The van der Waals surface area contributed by atoms with Gasteiger partial charge in [0.2, 0.25) is 11.8 Å². The number of carbonyl (C=O) groups is 2. The summed E-state index contributed by atoms with van der Waals surface area (Å²) in [5.41, 5.74) is 0.333. The van der Waals surface area contributed by atoms with Crippen molar-refractivity contribution < 1.29 is 19.1 Å². The largest absolute Gasteiger partial charge is 0.488 e. The first-order valence-corrected chi connectivity index (χ1v) is 9.82. The Hall–Kier alpha value is -3.95. The number of carbonyl (C=O) groups excluding carboxylic acids is 2. The van der Waals surface area contributed by atoms with Gasteiger partial charge in [-0.3, -0.25) is 9.59 Å². The highest BCUT2D eigenvalue weighted by Gasteiger charge is 2.22. The van der Waals surface area contributed by atoms with Crippen LogP contribution in [0.1, 0.15) is 10.4 Å². The van der Waals surface area contributed by atoms with Gasteiger partial charge < -0.3 is 19.3 Å². The van der Waals surface area contributed by atoms with Gasteiger partial charge in [-0.2, -0.15) is 5.10 Å². The average molecular weight is 422 g/mol. The molecule has 1 aliphatic heterocycles. The maximum atomic E-state index is 13.0. The van der Waals surface area contributed by atoms with Crippen LogP contribution in [-0.4, -0.2) is 74.7 Å². The summed E-state index contributed by atoms with van der Waals surface area (Å²) < 4.78 is 13.3. The number of nitrogens with zero attached hydrogens (tertiary/aromatic N) is 6. The topological polar surface area (TPSA) is 103 Å². The van der Waals surface area contributed by atoms with Crippen molar-refractivity contribution in [2.24, 2.45) is 0 Å². The fourth-order valence-electron chi connectivity index (χ4n) is 3.15. The Balaban J connectivity index is 1.61. The van der Waals surface area contributed by atoms with Crippen molar-refractivity contribution >= 4 is 11.8 Å². The van der Waals surface area contributed by atoms with E-state index in [1.807, 2.05) is 12.1 Å². The van der Waals surface area contributed by atoms with Crippen LogP contribution in [0.3, 0.4) is 0 Å². The first kappa shape index (κ1) is 20.3. The number of ether oxygens (including phenoxy) is 2. The summed E-state index contributed by atoms with van der Waals surface area (Å²) in [6.45, 7) is 1.34. The molecule has 0 aliphatic carbocycles. The van der Waals surface area contributed by atoms with Gasteiger partial charge in [-0.25, -0.2) is 14.6 Å². The minimum absolute atomic E-state index is 0.0596. The number of hydrogen-bond acceptors (Lipinski definition) is 7. The van der Waals surface area contributed by atoms with E-state index >= 15 is 0 Å². The van der Waals surface area contributed by atoms with E-state index in [1.54, 1.807) is 47.3 Å². The van der Waals surface area contributed by atoms with Crippen LogP contribution < -0.4 is 9.47 Å². The molecule has 3 aromatic rings. The highest BCUT2D eigenvalue weighted by Crippen LogP contribution is 2.32. The molecule has 0 spiro atoms. The molecule has 10 heteroatoms. The Labute approximate surface area is 179 Å². The maximum Gasteiger partial charge on any atom is 0.259 e. The van der Waals surface area contributed by atoms with E-state index in [1.165, 1.54) is 17.3 Å². The zero-order valence-corrected chi connectivity index (χ0v) is 17.0. The van der Waals surface area contributed by atoms with Crippen molar-refractivity contribution in [3.8, 4) is 17.4 Å². The number of rotatable bonds is 2. The highest BCUT2D eigenvalue weighted by molar-refractivity contribution is 5.96. The van der Waals surface area contributed by atoms with E-state index in [-0.39, 0.29) is 30.8 Å². The molecule has 0 saturated carbocycles. The molecule has 0 atom stereocenters. The second-order valence-corrected chi connectivity index (χ2v) is 6.95. The van der Waals surface area contributed by atoms with Crippen LogP contribution in [0, 0.1) is 0 Å². The Morgan fingerprint density at radius 3 is 2.74 bits per heavy atom. The van der Waals surface area contributed by atoms with Crippen molar-refractivity contribution in [1.82, 2.24) is 29.5 Å². The second-order valence-electron chi connectivity index (χ2n) is 6.95. The number of hydrogen-bond donors (Lipinski definition) is 0. The molecule has 0 radical (unpaired) electrons. The monoisotopic (exact) mass is 422 g/mol. The van der Waals surface area contributed by atoms with Gasteiger partial charge in [0.25, 0.3) is 5.91 Å². The second kappa shape index (κ2) is 9.24. The molecule has 4 rings (SSSR count). The lowest BCUT2D eigenvalue weighted by atomic mass is 10.2. The third kappa shape index (κ3) is 4.80. The number of pyridine rings is 1. The summed E-state index contributed by atoms with van der Waals surface area (Å²) in [7, 11) is 1.68. The zero-order chi connectivity index (χ0) is 21.6. The van der Waals surface area contributed by atoms with Gasteiger partial charge in [0.05, 0.1) is 6.54 Å². The number of para-hydroxylation sites is 2. The Bertz CT molecular complexity index is 1060. The maximum absolute atomic E-state index is 13.0. The summed E-state index contributed by atoms with van der Waals surface area (Å²) in [5, 5.41) is 3.99. The van der Waals surface area contributed by atoms with E-state index in [9.17, 15) is 9.59 Å². The third-order valence-corrected chi connectivity index (χ3v) is 4.84. The van der Waals surface area contributed by atoms with E-state index in [2.05, 4.69) is 15.1 Å². The molecule has 2 aromatic heterocycles. The van der Waals surface area contributed by atoms with Gasteiger partial charge in [-0.1, -0.05) is 12.1 Å². The molecule has 0 N–H and O–H groups in total. The average Bonchev–Trinajstić information content (AvgIpc) is 3.29. The van der Waals surface area contributed by atoms with Gasteiger partial charge in [0, 0.05) is 26.3 Å². The molecule has 1 aromatic carbocycles. The molecule has 2 amide bonds. The Morgan fingerprint density at radius 1 is 1.10 bits per heavy atom. The fourth-order valence-corrected chi connectivity index (χ4v) is 3.15. The lowest BCUT2D eigenvalue weighted by Crippen LogP contribution is -2.42. The molecule has 31 heavy (non-hydrogen) atoms. The predicted molar refractivity (Wildman–Crippen MR) is 110 cm³/mol. The Kier molecular flexibility index (Phi) is 6.06. The van der Waals surface area contributed by atoms with Gasteiger partial charge in [0.1, 0.15) is 31.4 Å². The smallest absolute Gasteiger partial charge is 0.259 e. The molecule has 0 fully saturated rings. The minimum atomic E-state index is -0.246. The van der Waals surface area contributed by atoms with E-state index in [0.717, 1.165) is 0 Å². The number of likely N-dealkylation sites (N-methyl/N-ethyl adjacent to an activating group) is 1. The number of amides is 2. The number of aromatic nitrogens is 4. The van der Waals surface area contributed by atoms with Crippen molar-refractivity contribution in [2.45, 2.75) is 6.54 Å². The van der Waals surface area contributed by atoms with Gasteiger partial charge in [-0.05, 0) is 24.3 Å². The molecule has 1 aliphatic rings. The standard InChI is InChI=1S/C21H22N6O4/c1-25-9-10-26(19(28)13-27-15-22-14-24-27)11-12-30-17-6-2-3-7-18(17)31-20-16(21(25)29)5-4-8-23-20/h2-8,14-15H,9-13H2,1H3. The van der Waals surface area contributed by atoms with E-state index in [4.69, 9.17) is 9.47 Å². The number of benzene rings is 1. The van der Waals surface area contributed by atoms with Crippen LogP contribution in [0.25, 0.3) is 0 Å². The first-order valence-electron chi connectivity index (χ1n) is 9.82. The molecular formula is C21H22N6O4. The van der Waals surface area contributed by atoms with Gasteiger partial charge in [-0.15, -0.1) is 0 Å². The van der Waals surface area contributed by atoms with Gasteiger partial charge >= 0.3 is 0 Å². The minimum Gasteiger partial charge on any atom is -0.488 e.